The fourth-order valence-electron chi connectivity index (χ4n) is 4.31. The SMILES string of the molecule is COC(=O)c1cn(Cc2ccc(-n3nc4n(c3=O)C(c3ccccc3)CC4)cc2F)c(C)n1. The number of hydrogen-bond acceptors (Lipinski definition) is 5. The Hall–Kier alpha value is -4.01. The lowest BCUT2D eigenvalue weighted by Crippen LogP contribution is -2.26. The predicted molar refractivity (Wildman–Crippen MR) is 118 cm³/mol. The highest BCUT2D eigenvalue weighted by Crippen LogP contribution is 2.29. The Kier molecular flexibility index (Phi) is 5.16. The number of benzene rings is 2. The second kappa shape index (κ2) is 8.16. The number of rotatable bonds is 5. The van der Waals surface area contributed by atoms with E-state index in [4.69, 9.17) is 0 Å². The van der Waals surface area contributed by atoms with Gasteiger partial charge >= 0.3 is 11.7 Å². The Morgan fingerprint density at radius 1 is 1.21 bits per heavy atom. The summed E-state index contributed by atoms with van der Waals surface area (Å²) in [7, 11) is 1.28. The number of esters is 1. The minimum Gasteiger partial charge on any atom is -0.464 e. The molecule has 2 aromatic carbocycles. The molecule has 1 aliphatic rings. The molecule has 0 spiro atoms. The van der Waals surface area contributed by atoms with Gasteiger partial charge in [-0.25, -0.2) is 19.0 Å². The van der Waals surface area contributed by atoms with E-state index in [9.17, 15) is 14.0 Å². The molecule has 8 nitrogen and oxygen atoms in total. The maximum Gasteiger partial charge on any atom is 0.358 e. The zero-order valence-corrected chi connectivity index (χ0v) is 18.2. The first-order valence-corrected chi connectivity index (χ1v) is 10.6. The van der Waals surface area contributed by atoms with Gasteiger partial charge < -0.3 is 9.30 Å². The third-order valence-electron chi connectivity index (χ3n) is 6.01. The minimum absolute atomic E-state index is 0.0696. The molecule has 1 aliphatic heterocycles. The monoisotopic (exact) mass is 447 g/mol. The number of nitrogens with zero attached hydrogens (tertiary/aromatic N) is 5. The van der Waals surface area contributed by atoms with Gasteiger partial charge in [0.15, 0.2) is 5.69 Å². The van der Waals surface area contributed by atoms with Crippen molar-refractivity contribution >= 4 is 5.97 Å². The van der Waals surface area contributed by atoms with E-state index in [1.807, 2.05) is 30.3 Å². The standard InChI is InChI=1S/C24H22FN5O3/c1-15-26-20(23(31)33-2)14-28(15)13-17-8-9-18(12-19(17)25)30-24(32)29-21(10-11-22(29)27-30)16-6-4-3-5-7-16/h3-9,12,14,21H,10-11,13H2,1-2H3. The molecule has 0 aliphatic carbocycles. The van der Waals surface area contributed by atoms with Crippen LogP contribution in [0.3, 0.4) is 0 Å². The van der Waals surface area contributed by atoms with Crippen LogP contribution in [0, 0.1) is 12.7 Å². The average molecular weight is 447 g/mol. The van der Waals surface area contributed by atoms with E-state index < -0.39 is 11.8 Å². The largest absolute Gasteiger partial charge is 0.464 e. The van der Waals surface area contributed by atoms with Crippen LogP contribution in [0.5, 0.6) is 0 Å². The number of aromatic nitrogens is 5. The van der Waals surface area contributed by atoms with Crippen molar-refractivity contribution in [3.63, 3.8) is 0 Å². The summed E-state index contributed by atoms with van der Waals surface area (Å²) in [5, 5.41) is 4.47. The van der Waals surface area contributed by atoms with E-state index in [0.717, 1.165) is 12.0 Å². The third kappa shape index (κ3) is 3.65. The number of aryl methyl sites for hydroxylation is 2. The van der Waals surface area contributed by atoms with E-state index in [0.29, 0.717) is 29.3 Å². The molecule has 5 rings (SSSR count). The molecule has 0 bridgehead atoms. The molecule has 4 aromatic rings. The smallest absolute Gasteiger partial charge is 0.358 e. The first-order chi connectivity index (χ1) is 16.0. The lowest BCUT2D eigenvalue weighted by atomic mass is 10.1. The molecule has 9 heteroatoms. The average Bonchev–Trinajstić information content (AvgIpc) is 3.50. The van der Waals surface area contributed by atoms with Crippen LogP contribution in [0.2, 0.25) is 0 Å². The van der Waals surface area contributed by atoms with Crippen molar-refractivity contribution in [3.8, 4) is 5.69 Å². The molecular weight excluding hydrogens is 425 g/mol. The van der Waals surface area contributed by atoms with Crippen LogP contribution < -0.4 is 5.69 Å². The maximum absolute atomic E-state index is 15.0. The van der Waals surface area contributed by atoms with Gasteiger partial charge in [0, 0.05) is 24.2 Å². The number of fused-ring (bicyclic) bond motifs is 1. The van der Waals surface area contributed by atoms with E-state index >= 15 is 0 Å². The van der Waals surface area contributed by atoms with Gasteiger partial charge in [-0.2, -0.15) is 4.68 Å². The van der Waals surface area contributed by atoms with Gasteiger partial charge in [-0.3, -0.25) is 4.57 Å². The van der Waals surface area contributed by atoms with Crippen molar-refractivity contribution in [1.82, 2.24) is 23.9 Å². The van der Waals surface area contributed by atoms with Crippen LogP contribution in [0.4, 0.5) is 4.39 Å². The van der Waals surface area contributed by atoms with E-state index in [2.05, 4.69) is 14.8 Å². The Morgan fingerprint density at radius 3 is 2.73 bits per heavy atom. The van der Waals surface area contributed by atoms with Crippen LogP contribution in [0.1, 0.15) is 45.7 Å². The Labute approximate surface area is 188 Å². The van der Waals surface area contributed by atoms with E-state index in [1.54, 1.807) is 28.2 Å². The number of ether oxygens (including phenoxy) is 1. The van der Waals surface area contributed by atoms with Crippen molar-refractivity contribution < 1.29 is 13.9 Å². The zero-order chi connectivity index (χ0) is 23.1. The maximum atomic E-state index is 15.0. The van der Waals surface area contributed by atoms with E-state index in [1.165, 1.54) is 24.1 Å². The van der Waals surface area contributed by atoms with Gasteiger partial charge in [0.05, 0.1) is 25.4 Å². The summed E-state index contributed by atoms with van der Waals surface area (Å²) in [6, 6.07) is 14.4. The van der Waals surface area contributed by atoms with Gasteiger partial charge in [0.25, 0.3) is 0 Å². The number of carbonyl (C=O) groups excluding carboxylic acids is 1. The summed E-state index contributed by atoms with van der Waals surface area (Å²) < 4.78 is 24.3. The quantitative estimate of drug-likeness (QED) is 0.439. The fraction of sp³-hybridized carbons (Fsp3) is 0.250. The number of carbonyl (C=O) groups is 1. The molecule has 0 amide bonds. The predicted octanol–water partition coefficient (Wildman–Crippen LogP) is 3.05. The molecular formula is C24H22FN5O3. The molecule has 1 atom stereocenters. The Morgan fingerprint density at radius 2 is 2.00 bits per heavy atom. The van der Waals surface area contributed by atoms with Gasteiger partial charge in [0.1, 0.15) is 17.5 Å². The van der Waals surface area contributed by atoms with Crippen molar-refractivity contribution in [2.45, 2.75) is 32.4 Å². The van der Waals surface area contributed by atoms with Crippen LogP contribution in [-0.4, -0.2) is 37.0 Å². The van der Waals surface area contributed by atoms with Crippen molar-refractivity contribution in [2.24, 2.45) is 0 Å². The first-order valence-electron chi connectivity index (χ1n) is 10.6. The number of imidazole rings is 1. The van der Waals surface area contributed by atoms with Crippen molar-refractivity contribution in [3.05, 3.63) is 99.5 Å². The number of halogens is 1. The molecule has 0 fully saturated rings. The highest BCUT2D eigenvalue weighted by molar-refractivity contribution is 5.86. The van der Waals surface area contributed by atoms with Gasteiger partial charge in [-0.1, -0.05) is 36.4 Å². The summed E-state index contributed by atoms with van der Waals surface area (Å²) in [4.78, 5) is 29.0. The Balaban J connectivity index is 1.44. The molecule has 33 heavy (non-hydrogen) atoms. The van der Waals surface area contributed by atoms with Crippen LogP contribution in [0.15, 0.2) is 59.5 Å². The van der Waals surface area contributed by atoms with Gasteiger partial charge in [-0.05, 0) is 25.0 Å². The molecule has 1 unspecified atom stereocenters. The minimum atomic E-state index is -0.548. The molecule has 0 saturated heterocycles. The third-order valence-corrected chi connectivity index (χ3v) is 6.01. The van der Waals surface area contributed by atoms with Crippen LogP contribution in [0.25, 0.3) is 5.69 Å². The van der Waals surface area contributed by atoms with Crippen molar-refractivity contribution in [2.75, 3.05) is 7.11 Å². The summed E-state index contributed by atoms with van der Waals surface area (Å²) >= 11 is 0. The summed E-state index contributed by atoms with van der Waals surface area (Å²) in [6.07, 6.45) is 3.03. The highest BCUT2D eigenvalue weighted by Gasteiger charge is 2.29. The first kappa shape index (κ1) is 20.9. The molecule has 0 radical (unpaired) electrons. The second-order valence-corrected chi connectivity index (χ2v) is 8.01. The van der Waals surface area contributed by atoms with Crippen LogP contribution in [-0.2, 0) is 17.7 Å². The normalized spacial score (nSPS) is 14.9. The van der Waals surface area contributed by atoms with Crippen molar-refractivity contribution in [1.29, 1.82) is 0 Å². The summed E-state index contributed by atoms with van der Waals surface area (Å²) in [5.74, 6) is 0.240. The van der Waals surface area contributed by atoms with Gasteiger partial charge in [0.2, 0.25) is 0 Å². The highest BCUT2D eigenvalue weighted by atomic mass is 19.1. The van der Waals surface area contributed by atoms with Gasteiger partial charge in [-0.15, -0.1) is 5.10 Å². The summed E-state index contributed by atoms with van der Waals surface area (Å²) in [6.45, 7) is 1.92. The summed E-state index contributed by atoms with van der Waals surface area (Å²) in [5.41, 5.74) is 1.71. The molecule has 3 heterocycles. The Bertz CT molecular complexity index is 1400. The molecule has 0 N–H and O–H groups in total. The lowest BCUT2D eigenvalue weighted by Gasteiger charge is -2.12. The fourth-order valence-corrected chi connectivity index (χ4v) is 4.31. The molecule has 0 saturated carbocycles. The van der Waals surface area contributed by atoms with Crippen LogP contribution >= 0.6 is 0 Å². The second-order valence-electron chi connectivity index (χ2n) is 8.01. The zero-order valence-electron chi connectivity index (χ0n) is 18.2. The van der Waals surface area contributed by atoms with E-state index in [-0.39, 0.29) is 24.0 Å². The molecule has 168 valence electrons. The topological polar surface area (TPSA) is 83.9 Å². The molecule has 2 aromatic heterocycles. The number of methoxy groups -OCH3 is 1. The lowest BCUT2D eigenvalue weighted by molar-refractivity contribution is 0.0594. The number of hydrogen-bond donors (Lipinski definition) is 0.